The number of aromatic amines is 1. The molecule has 0 saturated carbocycles. The van der Waals surface area contributed by atoms with Gasteiger partial charge in [0.1, 0.15) is 9.79 Å². The van der Waals surface area contributed by atoms with Gasteiger partial charge in [0.2, 0.25) is 25.9 Å². The molecule has 1 aromatic carbocycles. The Labute approximate surface area is 132 Å². The molecule has 7 N–H and O–H groups in total. The highest BCUT2D eigenvalue weighted by atomic mass is 32.2. The number of nitrogens with two attached hydrogens (primary N) is 3. The van der Waals surface area contributed by atoms with Crippen LogP contribution in [0.5, 0.6) is 0 Å². The van der Waals surface area contributed by atoms with E-state index in [1.54, 1.807) is 6.92 Å². The largest absolute Gasteiger partial charge is 0.330 e. The Morgan fingerprint density at radius 1 is 1.17 bits per heavy atom. The quantitative estimate of drug-likeness (QED) is 0.478. The molecule has 2 rings (SSSR count). The van der Waals surface area contributed by atoms with Gasteiger partial charge in [-0.05, 0) is 29.3 Å². The number of nitrogens with zero attached hydrogens (tertiary/aromatic N) is 3. The lowest BCUT2D eigenvalue weighted by atomic mass is 9.95. The first-order chi connectivity index (χ1) is 10.6. The van der Waals surface area contributed by atoms with Gasteiger partial charge in [0.15, 0.2) is 0 Å². The van der Waals surface area contributed by atoms with E-state index in [0.717, 1.165) is 6.07 Å². The van der Waals surface area contributed by atoms with Crippen molar-refractivity contribution in [3.05, 3.63) is 17.7 Å². The number of nitrogens with one attached hydrogen (secondary N) is 1. The van der Waals surface area contributed by atoms with Crippen LogP contribution in [0.15, 0.2) is 21.9 Å². The summed E-state index contributed by atoms with van der Waals surface area (Å²) in [6, 6.07) is 2.47. The number of aromatic nitrogens is 4. The van der Waals surface area contributed by atoms with E-state index < -0.39 is 29.8 Å². The van der Waals surface area contributed by atoms with Crippen LogP contribution in [0.3, 0.4) is 0 Å². The predicted octanol–water partition coefficient (Wildman–Crippen LogP) is -1.78. The molecule has 2 aromatic rings. The SMILES string of the molecule is C[C@@H](CN)c1ccc(S(N)(=O)=O)c(S(N)(=O)=O)c1-c1nn[nH]n1. The molecule has 1 heterocycles. The Morgan fingerprint density at radius 2 is 1.83 bits per heavy atom. The monoisotopic (exact) mass is 361 g/mol. The van der Waals surface area contributed by atoms with Crippen LogP contribution in [0.25, 0.3) is 11.4 Å². The van der Waals surface area contributed by atoms with Gasteiger partial charge >= 0.3 is 0 Å². The fourth-order valence-electron chi connectivity index (χ4n) is 2.12. The van der Waals surface area contributed by atoms with E-state index in [0.29, 0.717) is 5.56 Å². The van der Waals surface area contributed by atoms with Crippen LogP contribution in [0, 0.1) is 0 Å². The second kappa shape index (κ2) is 5.93. The third kappa shape index (κ3) is 3.37. The summed E-state index contributed by atoms with van der Waals surface area (Å²) < 4.78 is 47.5. The maximum Gasteiger partial charge on any atom is 0.240 e. The first-order valence-electron chi connectivity index (χ1n) is 6.23. The van der Waals surface area contributed by atoms with Crippen molar-refractivity contribution >= 4 is 20.0 Å². The van der Waals surface area contributed by atoms with Gasteiger partial charge < -0.3 is 5.73 Å². The summed E-state index contributed by atoms with van der Waals surface area (Å²) in [6.07, 6.45) is 0. The summed E-state index contributed by atoms with van der Waals surface area (Å²) in [5, 5.41) is 23.3. The highest BCUT2D eigenvalue weighted by molar-refractivity contribution is 7.92. The Bertz CT molecular complexity index is 922. The number of rotatable bonds is 5. The molecular weight excluding hydrogens is 346 g/mol. The van der Waals surface area contributed by atoms with Gasteiger partial charge in [0.05, 0.1) is 0 Å². The molecule has 0 aliphatic rings. The Hall–Kier alpha value is -1.93. The fraction of sp³-hybridized carbons (Fsp3) is 0.300. The molecule has 23 heavy (non-hydrogen) atoms. The first kappa shape index (κ1) is 17.4. The molecule has 0 unspecified atom stereocenters. The zero-order chi connectivity index (χ0) is 17.4. The summed E-state index contributed by atoms with van der Waals surface area (Å²) in [6.45, 7) is 1.89. The van der Waals surface area contributed by atoms with E-state index in [1.807, 2.05) is 0 Å². The van der Waals surface area contributed by atoms with Crippen molar-refractivity contribution in [1.82, 2.24) is 20.6 Å². The summed E-state index contributed by atoms with van der Waals surface area (Å²) in [4.78, 5) is -1.33. The Balaban J connectivity index is 3.03. The van der Waals surface area contributed by atoms with Crippen LogP contribution >= 0.6 is 0 Å². The molecule has 126 valence electrons. The molecule has 0 amide bonds. The fourth-order valence-corrected chi connectivity index (χ4v) is 4.28. The van der Waals surface area contributed by atoms with Crippen LogP contribution in [0.4, 0.5) is 0 Å². The highest BCUT2D eigenvalue weighted by Crippen LogP contribution is 2.35. The van der Waals surface area contributed by atoms with E-state index in [4.69, 9.17) is 16.0 Å². The number of H-pyrrole nitrogens is 1. The van der Waals surface area contributed by atoms with Gasteiger partial charge in [-0.3, -0.25) is 0 Å². The molecule has 0 bridgehead atoms. The molecule has 0 saturated heterocycles. The van der Waals surface area contributed by atoms with Gasteiger partial charge in [0.25, 0.3) is 0 Å². The maximum atomic E-state index is 12.0. The molecule has 0 spiro atoms. The maximum absolute atomic E-state index is 12.0. The molecule has 0 fully saturated rings. The van der Waals surface area contributed by atoms with E-state index >= 15 is 0 Å². The second-order valence-electron chi connectivity index (χ2n) is 4.82. The number of primary sulfonamides is 2. The van der Waals surface area contributed by atoms with Crippen LogP contribution in [0.1, 0.15) is 18.4 Å². The predicted molar refractivity (Wildman–Crippen MR) is 79.8 cm³/mol. The van der Waals surface area contributed by atoms with Crippen LogP contribution in [0.2, 0.25) is 0 Å². The van der Waals surface area contributed by atoms with Gasteiger partial charge in [-0.15, -0.1) is 10.2 Å². The molecule has 0 radical (unpaired) electrons. The molecule has 11 nitrogen and oxygen atoms in total. The summed E-state index contributed by atoms with van der Waals surface area (Å²) in [7, 11) is -8.82. The van der Waals surface area contributed by atoms with Crippen LogP contribution in [-0.4, -0.2) is 44.0 Å². The third-order valence-electron chi connectivity index (χ3n) is 3.20. The second-order valence-corrected chi connectivity index (χ2v) is 7.85. The molecular formula is C10H15N7O4S2. The molecule has 0 aliphatic carbocycles. The van der Waals surface area contributed by atoms with Crippen LogP contribution in [-0.2, 0) is 20.0 Å². The van der Waals surface area contributed by atoms with E-state index in [-0.39, 0.29) is 23.9 Å². The minimum atomic E-state index is -4.46. The smallest absolute Gasteiger partial charge is 0.240 e. The number of hydrogen-bond donors (Lipinski definition) is 4. The normalized spacial score (nSPS) is 13.9. The van der Waals surface area contributed by atoms with E-state index in [2.05, 4.69) is 20.6 Å². The molecule has 1 atom stereocenters. The zero-order valence-corrected chi connectivity index (χ0v) is 13.6. The highest BCUT2D eigenvalue weighted by Gasteiger charge is 2.31. The minimum absolute atomic E-state index is 0.0919. The summed E-state index contributed by atoms with van der Waals surface area (Å²) in [5.74, 6) is -0.451. The van der Waals surface area contributed by atoms with Gasteiger partial charge in [-0.1, -0.05) is 13.0 Å². The topological polar surface area (TPSA) is 201 Å². The van der Waals surface area contributed by atoms with Gasteiger partial charge in [0, 0.05) is 5.56 Å². The summed E-state index contributed by atoms with van der Waals surface area (Å²) >= 11 is 0. The van der Waals surface area contributed by atoms with Crippen molar-refractivity contribution in [3.8, 4) is 11.4 Å². The molecule has 1 aromatic heterocycles. The number of tetrazole rings is 1. The standard InChI is InChI=1S/C10H15N7O4S2/c1-5(4-11)6-2-3-7(22(12,18)19)9(23(13,20)21)8(6)10-14-16-17-15-10/h2-3,5H,4,11H2,1H3,(H2,12,18,19)(H2,13,20,21)(H,14,15,16,17)/t5-/m0/s1. The Kier molecular flexibility index (Phi) is 4.50. The van der Waals surface area contributed by atoms with Crippen LogP contribution < -0.4 is 16.0 Å². The molecule has 0 aliphatic heterocycles. The van der Waals surface area contributed by atoms with Crippen molar-refractivity contribution in [1.29, 1.82) is 0 Å². The lowest BCUT2D eigenvalue weighted by Crippen LogP contribution is -2.23. The average molecular weight is 361 g/mol. The first-order valence-corrected chi connectivity index (χ1v) is 9.33. The van der Waals surface area contributed by atoms with E-state index in [1.165, 1.54) is 6.07 Å². The van der Waals surface area contributed by atoms with Gasteiger partial charge in [-0.25, -0.2) is 27.1 Å². The van der Waals surface area contributed by atoms with Crippen molar-refractivity contribution < 1.29 is 16.8 Å². The van der Waals surface area contributed by atoms with Crippen molar-refractivity contribution in [2.45, 2.75) is 22.6 Å². The zero-order valence-electron chi connectivity index (χ0n) is 12.0. The number of sulfonamides is 2. The number of benzene rings is 1. The lowest BCUT2D eigenvalue weighted by molar-refractivity contribution is 0.584. The molecule has 13 heteroatoms. The van der Waals surface area contributed by atoms with Gasteiger partial charge in [-0.2, -0.15) is 5.21 Å². The van der Waals surface area contributed by atoms with Crippen molar-refractivity contribution in [2.75, 3.05) is 6.54 Å². The number of hydrogen-bond acceptors (Lipinski definition) is 8. The van der Waals surface area contributed by atoms with Crippen molar-refractivity contribution in [2.24, 2.45) is 16.0 Å². The van der Waals surface area contributed by atoms with E-state index in [9.17, 15) is 16.8 Å². The Morgan fingerprint density at radius 3 is 2.26 bits per heavy atom. The van der Waals surface area contributed by atoms with Crippen molar-refractivity contribution in [3.63, 3.8) is 0 Å². The minimum Gasteiger partial charge on any atom is -0.330 e. The summed E-state index contributed by atoms with van der Waals surface area (Å²) in [5.41, 5.74) is 5.94. The third-order valence-corrected chi connectivity index (χ3v) is 5.27. The lowest BCUT2D eigenvalue weighted by Gasteiger charge is -2.17. The average Bonchev–Trinajstić information content (AvgIpc) is 2.96.